The number of aromatic nitrogens is 2. The van der Waals surface area contributed by atoms with Crippen molar-refractivity contribution < 1.29 is 18.0 Å². The molecule has 0 atom stereocenters. The Morgan fingerprint density at radius 3 is 2.44 bits per heavy atom. The van der Waals surface area contributed by atoms with Gasteiger partial charge in [-0.1, -0.05) is 17.7 Å². The van der Waals surface area contributed by atoms with Crippen molar-refractivity contribution >= 4 is 29.1 Å². The van der Waals surface area contributed by atoms with E-state index in [4.69, 9.17) is 11.6 Å². The lowest BCUT2D eigenvalue weighted by atomic mass is 10.2. The number of benzene rings is 1. The van der Waals surface area contributed by atoms with Crippen LogP contribution in [0, 0.1) is 0 Å². The summed E-state index contributed by atoms with van der Waals surface area (Å²) in [6, 6.07) is 10.9. The van der Waals surface area contributed by atoms with Gasteiger partial charge in [0.2, 0.25) is 0 Å². The van der Waals surface area contributed by atoms with E-state index in [1.54, 1.807) is 42.7 Å². The molecule has 27 heavy (non-hydrogen) atoms. The molecule has 3 rings (SSSR count). The van der Waals surface area contributed by atoms with Crippen molar-refractivity contribution in [2.75, 3.05) is 10.6 Å². The van der Waals surface area contributed by atoms with E-state index in [0.717, 1.165) is 17.7 Å². The number of hydrogen-bond acceptors (Lipinski definition) is 3. The lowest BCUT2D eigenvalue weighted by Crippen LogP contribution is -2.20. The van der Waals surface area contributed by atoms with Crippen molar-refractivity contribution in [3.63, 3.8) is 0 Å². The number of hydrogen-bond donors (Lipinski definition) is 2. The van der Waals surface area contributed by atoms with E-state index in [2.05, 4.69) is 20.6 Å². The van der Waals surface area contributed by atoms with Crippen LogP contribution < -0.4 is 10.6 Å². The smallest absolute Gasteiger partial charge is 0.308 e. The number of pyridine rings is 2. The molecule has 0 aliphatic rings. The zero-order valence-electron chi connectivity index (χ0n) is 13.6. The van der Waals surface area contributed by atoms with Gasteiger partial charge in [0, 0.05) is 23.6 Å². The van der Waals surface area contributed by atoms with Gasteiger partial charge in [-0.05, 0) is 42.5 Å². The molecule has 0 spiro atoms. The molecule has 0 saturated carbocycles. The summed E-state index contributed by atoms with van der Waals surface area (Å²) in [5, 5.41) is 4.37. The molecule has 2 heterocycles. The average molecular weight is 393 g/mol. The van der Waals surface area contributed by atoms with E-state index >= 15 is 0 Å². The Morgan fingerprint density at radius 2 is 1.74 bits per heavy atom. The number of halogens is 4. The normalized spacial score (nSPS) is 11.1. The molecular formula is C18H12ClF3N4O. The van der Waals surface area contributed by atoms with Gasteiger partial charge in [0.15, 0.2) is 0 Å². The third kappa shape index (κ3) is 4.73. The SMILES string of the molecule is O=C(Nc1ccc(Cl)c(C(F)(F)F)c1)Nc1cccc(-c2ccncc2)n1. The van der Waals surface area contributed by atoms with E-state index in [1.165, 1.54) is 6.07 Å². The van der Waals surface area contributed by atoms with E-state index < -0.39 is 22.8 Å². The third-order valence-electron chi connectivity index (χ3n) is 3.50. The fourth-order valence-corrected chi connectivity index (χ4v) is 2.51. The summed E-state index contributed by atoms with van der Waals surface area (Å²) in [7, 11) is 0. The predicted octanol–water partition coefficient (Wildman–Crippen LogP) is 5.46. The van der Waals surface area contributed by atoms with Crippen molar-refractivity contribution in [3.8, 4) is 11.3 Å². The molecule has 0 unspecified atom stereocenters. The number of rotatable bonds is 3. The molecule has 0 bridgehead atoms. The average Bonchev–Trinajstić information content (AvgIpc) is 2.63. The molecule has 9 heteroatoms. The molecule has 0 aliphatic carbocycles. The molecule has 2 N–H and O–H groups in total. The molecule has 0 aliphatic heterocycles. The van der Waals surface area contributed by atoms with Crippen molar-refractivity contribution in [2.24, 2.45) is 0 Å². The van der Waals surface area contributed by atoms with Gasteiger partial charge < -0.3 is 5.32 Å². The van der Waals surface area contributed by atoms with Gasteiger partial charge >= 0.3 is 12.2 Å². The van der Waals surface area contributed by atoms with E-state index in [-0.39, 0.29) is 11.5 Å². The zero-order valence-corrected chi connectivity index (χ0v) is 14.3. The molecule has 3 aromatic rings. The minimum absolute atomic E-state index is 0.0467. The summed E-state index contributed by atoms with van der Waals surface area (Å²) in [5.74, 6) is 0.242. The minimum atomic E-state index is -4.62. The van der Waals surface area contributed by atoms with Crippen molar-refractivity contribution in [1.29, 1.82) is 0 Å². The van der Waals surface area contributed by atoms with Gasteiger partial charge in [0.1, 0.15) is 5.82 Å². The third-order valence-corrected chi connectivity index (χ3v) is 3.83. The van der Waals surface area contributed by atoms with Crippen LogP contribution in [0.2, 0.25) is 5.02 Å². The number of anilines is 2. The quantitative estimate of drug-likeness (QED) is 0.622. The van der Waals surface area contributed by atoms with Gasteiger partial charge in [-0.3, -0.25) is 10.3 Å². The van der Waals surface area contributed by atoms with Crippen LogP contribution in [0.3, 0.4) is 0 Å². The highest BCUT2D eigenvalue weighted by atomic mass is 35.5. The largest absolute Gasteiger partial charge is 0.417 e. The van der Waals surface area contributed by atoms with E-state index in [1.807, 2.05) is 0 Å². The summed E-state index contributed by atoms with van der Waals surface area (Å²) in [6.45, 7) is 0. The molecule has 0 radical (unpaired) electrons. The van der Waals surface area contributed by atoms with Gasteiger partial charge in [-0.15, -0.1) is 0 Å². The van der Waals surface area contributed by atoms with Gasteiger partial charge in [0.25, 0.3) is 0 Å². The molecule has 1 aromatic carbocycles. The summed E-state index contributed by atoms with van der Waals surface area (Å²) in [6.07, 6.45) is -1.39. The Labute approximate surface area is 157 Å². The van der Waals surface area contributed by atoms with Crippen LogP contribution in [0.25, 0.3) is 11.3 Å². The number of urea groups is 1. The second-order valence-corrected chi connectivity index (χ2v) is 5.82. The molecule has 0 saturated heterocycles. The summed E-state index contributed by atoms with van der Waals surface area (Å²) < 4.78 is 38.7. The Hall–Kier alpha value is -3.13. The van der Waals surface area contributed by atoms with E-state index in [9.17, 15) is 18.0 Å². The van der Waals surface area contributed by atoms with Crippen LogP contribution in [0.4, 0.5) is 29.5 Å². The number of carbonyl (C=O) groups excluding carboxylic acids is 1. The van der Waals surface area contributed by atoms with Crippen LogP contribution >= 0.6 is 11.6 Å². The Morgan fingerprint density at radius 1 is 1.00 bits per heavy atom. The fraction of sp³-hybridized carbons (Fsp3) is 0.0556. The standard InChI is InChI=1S/C18H12ClF3N4O/c19-14-5-4-12(10-13(14)18(20,21)22)24-17(27)26-16-3-1-2-15(25-16)11-6-8-23-9-7-11/h1-10H,(H2,24,25,26,27). The predicted molar refractivity (Wildman–Crippen MR) is 96.6 cm³/mol. The minimum Gasteiger partial charge on any atom is -0.308 e. The van der Waals surface area contributed by atoms with Crippen LogP contribution in [-0.2, 0) is 6.18 Å². The highest BCUT2D eigenvalue weighted by molar-refractivity contribution is 6.31. The first-order valence-electron chi connectivity index (χ1n) is 7.65. The molecular weight excluding hydrogens is 381 g/mol. The number of nitrogens with one attached hydrogen (secondary N) is 2. The number of alkyl halides is 3. The maximum Gasteiger partial charge on any atom is 0.417 e. The molecule has 2 amide bonds. The van der Waals surface area contributed by atoms with Crippen LogP contribution in [0.15, 0.2) is 60.9 Å². The van der Waals surface area contributed by atoms with Crippen molar-refractivity contribution in [2.45, 2.75) is 6.18 Å². The van der Waals surface area contributed by atoms with Gasteiger partial charge in [-0.2, -0.15) is 13.2 Å². The molecule has 2 aromatic heterocycles. The second kappa shape index (κ2) is 7.63. The number of nitrogens with zero attached hydrogens (tertiary/aromatic N) is 2. The Kier molecular flexibility index (Phi) is 5.27. The number of amides is 2. The van der Waals surface area contributed by atoms with Crippen molar-refractivity contribution in [3.05, 3.63) is 71.5 Å². The first-order valence-corrected chi connectivity index (χ1v) is 8.03. The first kappa shape index (κ1) is 18.7. The maximum atomic E-state index is 12.9. The lowest BCUT2D eigenvalue weighted by molar-refractivity contribution is -0.137. The number of carbonyl (C=O) groups is 1. The highest BCUT2D eigenvalue weighted by Crippen LogP contribution is 2.36. The lowest BCUT2D eigenvalue weighted by Gasteiger charge is -2.12. The van der Waals surface area contributed by atoms with Gasteiger partial charge in [0.05, 0.1) is 16.3 Å². The molecule has 5 nitrogen and oxygen atoms in total. The van der Waals surface area contributed by atoms with Gasteiger partial charge in [-0.25, -0.2) is 9.78 Å². The summed E-state index contributed by atoms with van der Waals surface area (Å²) in [4.78, 5) is 20.3. The first-order chi connectivity index (χ1) is 12.8. The topological polar surface area (TPSA) is 66.9 Å². The van der Waals surface area contributed by atoms with Crippen LogP contribution in [-0.4, -0.2) is 16.0 Å². The Bertz CT molecular complexity index is 964. The molecule has 0 fully saturated rings. The van der Waals surface area contributed by atoms with Crippen molar-refractivity contribution in [1.82, 2.24) is 9.97 Å². The maximum absolute atomic E-state index is 12.9. The van der Waals surface area contributed by atoms with Crippen LogP contribution in [0.5, 0.6) is 0 Å². The van der Waals surface area contributed by atoms with E-state index in [0.29, 0.717) is 5.69 Å². The Balaban J connectivity index is 1.74. The summed E-state index contributed by atoms with van der Waals surface area (Å²) >= 11 is 5.56. The van der Waals surface area contributed by atoms with Crippen LogP contribution in [0.1, 0.15) is 5.56 Å². The monoisotopic (exact) mass is 392 g/mol. The zero-order chi connectivity index (χ0) is 19.4. The fourth-order valence-electron chi connectivity index (χ4n) is 2.29. The second-order valence-electron chi connectivity index (χ2n) is 5.42. The molecule has 138 valence electrons. The summed E-state index contributed by atoms with van der Waals surface area (Å²) in [5.41, 5.74) is 0.344. The highest BCUT2D eigenvalue weighted by Gasteiger charge is 2.33.